The Balaban J connectivity index is 2.13. The predicted octanol–water partition coefficient (Wildman–Crippen LogP) is 0.438. The highest BCUT2D eigenvalue weighted by atomic mass is 16.1. The highest BCUT2D eigenvalue weighted by molar-refractivity contribution is 5.43. The fourth-order valence-corrected chi connectivity index (χ4v) is 2.08. The molecular weight excluding hydrogens is 216 g/mol. The molecule has 0 amide bonds. The molecule has 5 heteroatoms. The number of hydrogen-bond donors (Lipinski definition) is 1. The molecule has 1 atom stereocenters. The zero-order valence-corrected chi connectivity index (χ0v) is 10.3. The van der Waals surface area contributed by atoms with Gasteiger partial charge in [0.2, 0.25) is 0 Å². The summed E-state index contributed by atoms with van der Waals surface area (Å²) in [4.78, 5) is 14.1. The molecule has 1 aromatic rings. The van der Waals surface area contributed by atoms with Gasteiger partial charge in [-0.05, 0) is 25.3 Å². The summed E-state index contributed by atoms with van der Waals surface area (Å²) in [5.74, 6) is 0.276. The van der Waals surface area contributed by atoms with Crippen molar-refractivity contribution in [2.75, 3.05) is 24.5 Å². The van der Waals surface area contributed by atoms with Gasteiger partial charge in [0.15, 0.2) is 0 Å². The standard InChI is InChI=1S/C12H20N4O/c1-10(7-13)9-16-12(17)6-11(8-14-16)15-4-2-3-5-15/h6,8,10H,2-5,7,9,13H2,1H3. The van der Waals surface area contributed by atoms with Gasteiger partial charge >= 0.3 is 0 Å². The maximum atomic E-state index is 11.9. The Hall–Kier alpha value is -1.36. The summed E-state index contributed by atoms with van der Waals surface area (Å²) in [7, 11) is 0. The first-order chi connectivity index (χ1) is 8.20. The molecule has 2 N–H and O–H groups in total. The Morgan fingerprint density at radius 2 is 2.18 bits per heavy atom. The van der Waals surface area contributed by atoms with Crippen molar-refractivity contribution in [2.24, 2.45) is 11.7 Å². The molecule has 1 fully saturated rings. The molecule has 0 radical (unpaired) electrons. The monoisotopic (exact) mass is 236 g/mol. The Bertz CT molecular complexity index is 423. The van der Waals surface area contributed by atoms with Crippen LogP contribution in [0.25, 0.3) is 0 Å². The smallest absolute Gasteiger partial charge is 0.268 e. The van der Waals surface area contributed by atoms with E-state index in [1.165, 1.54) is 17.5 Å². The molecule has 2 rings (SSSR count). The van der Waals surface area contributed by atoms with Gasteiger partial charge in [-0.1, -0.05) is 6.92 Å². The third-order valence-electron chi connectivity index (χ3n) is 3.21. The van der Waals surface area contributed by atoms with Crippen molar-refractivity contribution in [2.45, 2.75) is 26.3 Å². The fraction of sp³-hybridized carbons (Fsp3) is 0.667. The molecule has 1 aromatic heterocycles. The van der Waals surface area contributed by atoms with Gasteiger partial charge in [-0.2, -0.15) is 5.10 Å². The third-order valence-corrected chi connectivity index (χ3v) is 3.21. The highest BCUT2D eigenvalue weighted by Crippen LogP contribution is 2.16. The lowest BCUT2D eigenvalue weighted by molar-refractivity contribution is 0.442. The summed E-state index contributed by atoms with van der Waals surface area (Å²) in [6.45, 7) is 5.24. The van der Waals surface area contributed by atoms with E-state index in [4.69, 9.17) is 5.73 Å². The predicted molar refractivity (Wildman–Crippen MR) is 68.2 cm³/mol. The van der Waals surface area contributed by atoms with E-state index in [0.29, 0.717) is 13.1 Å². The van der Waals surface area contributed by atoms with Crippen LogP contribution in [-0.4, -0.2) is 29.4 Å². The lowest BCUT2D eigenvalue weighted by Gasteiger charge is -2.17. The summed E-state index contributed by atoms with van der Waals surface area (Å²) in [6.07, 6.45) is 4.19. The van der Waals surface area contributed by atoms with Gasteiger partial charge < -0.3 is 10.6 Å². The molecule has 1 saturated heterocycles. The van der Waals surface area contributed by atoms with E-state index < -0.39 is 0 Å². The second-order valence-corrected chi connectivity index (χ2v) is 4.77. The molecule has 0 saturated carbocycles. The Morgan fingerprint density at radius 3 is 2.76 bits per heavy atom. The second-order valence-electron chi connectivity index (χ2n) is 4.77. The van der Waals surface area contributed by atoms with E-state index in [-0.39, 0.29) is 11.5 Å². The van der Waals surface area contributed by atoms with E-state index in [0.717, 1.165) is 18.8 Å². The maximum Gasteiger partial charge on any atom is 0.268 e. The van der Waals surface area contributed by atoms with E-state index in [2.05, 4.69) is 10.00 Å². The molecule has 1 aliphatic rings. The van der Waals surface area contributed by atoms with Gasteiger partial charge in [-0.3, -0.25) is 4.79 Å². The van der Waals surface area contributed by atoms with Crippen LogP contribution in [0.5, 0.6) is 0 Å². The SMILES string of the molecule is CC(CN)Cn1ncc(N2CCCC2)cc1=O. The van der Waals surface area contributed by atoms with Gasteiger partial charge in [0.05, 0.1) is 11.9 Å². The Labute approximate surface area is 101 Å². The quantitative estimate of drug-likeness (QED) is 0.824. The molecule has 1 unspecified atom stereocenters. The average molecular weight is 236 g/mol. The summed E-state index contributed by atoms with van der Waals surface area (Å²) in [5, 5.41) is 4.22. The molecule has 0 aromatic carbocycles. The minimum atomic E-state index is -0.0327. The minimum absolute atomic E-state index is 0.0327. The summed E-state index contributed by atoms with van der Waals surface area (Å²) in [5.41, 5.74) is 6.46. The average Bonchev–Trinajstić information content (AvgIpc) is 2.85. The first-order valence-corrected chi connectivity index (χ1v) is 6.23. The number of aromatic nitrogens is 2. The second kappa shape index (κ2) is 5.31. The molecule has 94 valence electrons. The van der Waals surface area contributed by atoms with Crippen molar-refractivity contribution in [3.8, 4) is 0 Å². The van der Waals surface area contributed by atoms with Gasteiger partial charge in [0.1, 0.15) is 0 Å². The lowest BCUT2D eigenvalue weighted by Crippen LogP contribution is -2.29. The van der Waals surface area contributed by atoms with Crippen LogP contribution in [0, 0.1) is 5.92 Å². The van der Waals surface area contributed by atoms with Crippen molar-refractivity contribution in [3.05, 3.63) is 22.6 Å². The van der Waals surface area contributed by atoms with E-state index in [1.807, 2.05) is 6.92 Å². The fourth-order valence-electron chi connectivity index (χ4n) is 2.08. The van der Waals surface area contributed by atoms with Crippen LogP contribution in [0.2, 0.25) is 0 Å². The van der Waals surface area contributed by atoms with E-state index >= 15 is 0 Å². The molecule has 2 heterocycles. The summed E-state index contributed by atoms with van der Waals surface area (Å²) in [6, 6.07) is 1.68. The van der Waals surface area contributed by atoms with Crippen molar-refractivity contribution in [1.82, 2.24) is 9.78 Å². The van der Waals surface area contributed by atoms with E-state index in [9.17, 15) is 4.79 Å². The molecule has 17 heavy (non-hydrogen) atoms. The van der Waals surface area contributed by atoms with Crippen LogP contribution in [0.4, 0.5) is 5.69 Å². The van der Waals surface area contributed by atoms with Gasteiger partial charge in [0, 0.05) is 25.7 Å². The summed E-state index contributed by atoms with van der Waals surface area (Å²) < 4.78 is 1.50. The zero-order valence-electron chi connectivity index (χ0n) is 10.3. The third kappa shape index (κ3) is 2.85. The molecule has 0 bridgehead atoms. The number of hydrogen-bond acceptors (Lipinski definition) is 4. The molecule has 1 aliphatic heterocycles. The first kappa shape index (κ1) is 12.1. The van der Waals surface area contributed by atoms with Crippen LogP contribution in [0.3, 0.4) is 0 Å². The number of rotatable bonds is 4. The van der Waals surface area contributed by atoms with Crippen LogP contribution in [0.15, 0.2) is 17.1 Å². The van der Waals surface area contributed by atoms with Crippen molar-refractivity contribution < 1.29 is 0 Å². The van der Waals surface area contributed by atoms with Crippen LogP contribution in [0.1, 0.15) is 19.8 Å². The molecule has 5 nitrogen and oxygen atoms in total. The number of nitrogens with zero attached hydrogens (tertiary/aromatic N) is 3. The summed E-state index contributed by atoms with van der Waals surface area (Å²) >= 11 is 0. The van der Waals surface area contributed by atoms with E-state index in [1.54, 1.807) is 12.3 Å². The van der Waals surface area contributed by atoms with Crippen LogP contribution in [-0.2, 0) is 6.54 Å². The van der Waals surface area contributed by atoms with Crippen molar-refractivity contribution in [3.63, 3.8) is 0 Å². The zero-order chi connectivity index (χ0) is 12.3. The van der Waals surface area contributed by atoms with Gasteiger partial charge in [-0.25, -0.2) is 4.68 Å². The largest absolute Gasteiger partial charge is 0.370 e. The molecule has 0 aliphatic carbocycles. The van der Waals surface area contributed by atoms with Crippen molar-refractivity contribution in [1.29, 1.82) is 0 Å². The highest BCUT2D eigenvalue weighted by Gasteiger charge is 2.14. The Kier molecular flexibility index (Phi) is 3.78. The molecular formula is C12H20N4O. The number of anilines is 1. The van der Waals surface area contributed by atoms with Crippen LogP contribution >= 0.6 is 0 Å². The van der Waals surface area contributed by atoms with Crippen LogP contribution < -0.4 is 16.2 Å². The lowest BCUT2D eigenvalue weighted by atomic mass is 10.2. The minimum Gasteiger partial charge on any atom is -0.370 e. The van der Waals surface area contributed by atoms with Gasteiger partial charge in [-0.15, -0.1) is 0 Å². The van der Waals surface area contributed by atoms with Crippen molar-refractivity contribution >= 4 is 5.69 Å². The van der Waals surface area contributed by atoms with Gasteiger partial charge in [0.25, 0.3) is 5.56 Å². The first-order valence-electron chi connectivity index (χ1n) is 6.23. The molecule has 0 spiro atoms. The normalized spacial score (nSPS) is 17.4. The topological polar surface area (TPSA) is 64.2 Å². The number of nitrogens with two attached hydrogens (primary N) is 1. The Morgan fingerprint density at radius 1 is 1.47 bits per heavy atom. The maximum absolute atomic E-state index is 11.9.